The number of nitrogens with one attached hydrogen (secondary N) is 4. The molecular weight excluding hydrogens is 956 g/mol. The number of halogens is 1. The largest absolute Gasteiger partial charge is 1.00 e. The molecule has 18 heteroatoms. The molecule has 0 aromatic heterocycles. The van der Waals surface area contributed by atoms with Gasteiger partial charge in [-0.15, -0.1) is 0 Å². The Morgan fingerprint density at radius 1 is 0.603 bits per heavy atom. The zero-order valence-corrected chi connectivity index (χ0v) is 43.1. The Hall–Kier alpha value is -6.66. The predicted molar refractivity (Wildman–Crippen MR) is 267 cm³/mol. The molecule has 1 aliphatic heterocycles. The van der Waals surface area contributed by atoms with E-state index in [0.717, 1.165) is 22.3 Å². The van der Waals surface area contributed by atoms with Crippen LogP contribution in [0.2, 0.25) is 0 Å². The summed E-state index contributed by atoms with van der Waals surface area (Å²) in [5, 5.41) is 11.0. The molecule has 17 nitrogen and oxygen atoms in total. The number of ether oxygens (including phenoxy) is 4. The van der Waals surface area contributed by atoms with E-state index in [1.807, 2.05) is 98.8 Å². The van der Waals surface area contributed by atoms with Crippen LogP contribution in [0.15, 0.2) is 121 Å². The van der Waals surface area contributed by atoms with Gasteiger partial charge in [0.05, 0.1) is 32.3 Å². The number of carbonyl (C=O) groups excluding carboxylic acids is 7. The average Bonchev–Trinajstić information content (AvgIpc) is 3.88. The third-order valence-electron chi connectivity index (χ3n) is 12.1. The summed E-state index contributed by atoms with van der Waals surface area (Å²) >= 11 is 0. The fourth-order valence-electron chi connectivity index (χ4n) is 8.05. The van der Waals surface area contributed by atoms with Gasteiger partial charge < -0.3 is 63.3 Å². The number of carbonyl (C=O) groups is 7. The standard InChI is InChI=1S/C55H70N6O11.ClH/c1-36(2)29-43(56)50(63)57-44(30-47(62)71-33-41-23-14-8-15-24-41)51(64)59-48(37(3)4)54(67)61-28-18-27-46(61)53(66)58-45(35-69-31-39-19-10-6-11-20-39)52(65)60-49(38(5)70-32-40-21-12-7-13-22-40)55(68)72-34-42-25-16-9-17-26-42;/h6-17,19-26,36-38,43-46,48-49H,18,27-35,56H2,1-5H3,(H,57,63)(H,58,66)(H,59,64)(H,60,65);1H/t38-,43+,44+,45+,46+,48+,49+;/m1./s1. The van der Waals surface area contributed by atoms with Gasteiger partial charge in [-0.25, -0.2) is 4.79 Å². The minimum atomic E-state index is -1.41. The van der Waals surface area contributed by atoms with Crippen molar-refractivity contribution in [2.24, 2.45) is 11.8 Å². The third-order valence-corrected chi connectivity index (χ3v) is 12.1. The Balaban J connectivity index is 0.0000116. The molecule has 73 heavy (non-hydrogen) atoms. The summed E-state index contributed by atoms with van der Waals surface area (Å²) in [6.45, 7) is 8.92. The number of amides is 5. The quantitative estimate of drug-likeness (QED) is 0.0528. The number of nitrogens with zero attached hydrogens (tertiary/aromatic N) is 1. The SMILES string of the molecule is CC(C)C[C@H]([NH3+])C(=O)N[C@@H](CC(=O)OCc1ccccc1)C(=O)N[C@H](C(=O)N1CCC[C@H]1C(=O)N[C@@H](COCc1ccccc1)C(=O)N[C@H](C(=O)OCc1ccccc1)[C@@H](C)OCc1ccccc1)C(C)C.[Cl-]. The number of likely N-dealkylation sites (tertiary alicyclic amines) is 1. The molecule has 1 aliphatic rings. The van der Waals surface area contributed by atoms with Gasteiger partial charge in [0, 0.05) is 13.0 Å². The molecule has 0 spiro atoms. The second-order valence-electron chi connectivity index (χ2n) is 18.8. The first kappa shape index (κ1) is 58.9. The van der Waals surface area contributed by atoms with Crippen molar-refractivity contribution >= 4 is 41.5 Å². The van der Waals surface area contributed by atoms with Crippen LogP contribution in [0.1, 0.15) is 82.6 Å². The van der Waals surface area contributed by atoms with E-state index in [1.54, 1.807) is 57.2 Å². The zero-order chi connectivity index (χ0) is 52.0. The van der Waals surface area contributed by atoms with Crippen LogP contribution in [-0.2, 0) is 78.9 Å². The van der Waals surface area contributed by atoms with Crippen LogP contribution in [0, 0.1) is 11.8 Å². The Kier molecular flexibility index (Phi) is 24.5. The summed E-state index contributed by atoms with van der Waals surface area (Å²) in [5.41, 5.74) is 7.07. The first-order valence-corrected chi connectivity index (χ1v) is 24.6. The van der Waals surface area contributed by atoms with E-state index in [-0.39, 0.29) is 64.3 Å². The number of quaternary nitrogens is 1. The van der Waals surface area contributed by atoms with Crippen LogP contribution >= 0.6 is 0 Å². The van der Waals surface area contributed by atoms with Crippen LogP contribution in [0.5, 0.6) is 0 Å². The van der Waals surface area contributed by atoms with E-state index < -0.39 is 96.2 Å². The normalized spacial score (nSPS) is 15.6. The number of hydrogen-bond donors (Lipinski definition) is 5. The maximum absolute atomic E-state index is 14.5. The van der Waals surface area contributed by atoms with Gasteiger partial charge in [0.2, 0.25) is 23.6 Å². The maximum Gasteiger partial charge on any atom is 0.331 e. The second kappa shape index (κ2) is 30.4. The number of esters is 2. The lowest BCUT2D eigenvalue weighted by Gasteiger charge is -2.32. The number of hydrogen-bond acceptors (Lipinski definition) is 11. The van der Waals surface area contributed by atoms with E-state index in [1.165, 1.54) is 4.90 Å². The molecular formula is C55H71ClN6O11. The van der Waals surface area contributed by atoms with Crippen molar-refractivity contribution in [1.82, 2.24) is 26.2 Å². The van der Waals surface area contributed by atoms with E-state index in [9.17, 15) is 33.6 Å². The molecule has 0 aliphatic carbocycles. The van der Waals surface area contributed by atoms with Crippen molar-refractivity contribution in [1.29, 1.82) is 0 Å². The van der Waals surface area contributed by atoms with Crippen LogP contribution in [-0.4, -0.2) is 102 Å². The van der Waals surface area contributed by atoms with Gasteiger partial charge in [0.1, 0.15) is 37.4 Å². The highest BCUT2D eigenvalue weighted by Crippen LogP contribution is 2.22. The molecule has 1 heterocycles. The summed E-state index contributed by atoms with van der Waals surface area (Å²) < 4.78 is 23.2. The van der Waals surface area contributed by atoms with E-state index in [2.05, 4.69) is 27.0 Å². The Bertz CT molecular complexity index is 2360. The smallest absolute Gasteiger partial charge is 0.331 e. The average molecular weight is 1030 g/mol. The molecule has 0 saturated carbocycles. The number of rotatable bonds is 27. The first-order valence-electron chi connectivity index (χ1n) is 24.6. The Morgan fingerprint density at radius 3 is 1.63 bits per heavy atom. The number of benzene rings is 4. The highest BCUT2D eigenvalue weighted by molar-refractivity contribution is 5.97. The summed E-state index contributed by atoms with van der Waals surface area (Å²) in [6, 6.07) is 29.6. The third kappa shape index (κ3) is 19.4. The Labute approximate surface area is 434 Å². The summed E-state index contributed by atoms with van der Waals surface area (Å²) in [4.78, 5) is 99.1. The molecule has 5 amide bonds. The van der Waals surface area contributed by atoms with Gasteiger partial charge in [0.15, 0.2) is 12.1 Å². The fourth-order valence-corrected chi connectivity index (χ4v) is 8.05. The van der Waals surface area contributed by atoms with Crippen molar-refractivity contribution in [3.63, 3.8) is 0 Å². The van der Waals surface area contributed by atoms with Gasteiger partial charge in [-0.1, -0.05) is 149 Å². The zero-order valence-electron chi connectivity index (χ0n) is 42.3. The molecule has 1 saturated heterocycles. The van der Waals surface area contributed by atoms with Crippen molar-refractivity contribution in [3.8, 4) is 0 Å². The molecule has 7 atom stereocenters. The molecule has 0 bridgehead atoms. The van der Waals surface area contributed by atoms with E-state index >= 15 is 0 Å². The summed E-state index contributed by atoms with van der Waals surface area (Å²) in [5.74, 6) is -5.22. The van der Waals surface area contributed by atoms with Gasteiger partial charge in [-0.3, -0.25) is 28.8 Å². The van der Waals surface area contributed by atoms with E-state index in [0.29, 0.717) is 12.8 Å². The summed E-state index contributed by atoms with van der Waals surface area (Å²) in [6.07, 6.45) is -0.316. The minimum absolute atomic E-state index is 0. The van der Waals surface area contributed by atoms with Crippen molar-refractivity contribution in [2.45, 2.75) is 129 Å². The maximum atomic E-state index is 14.5. The molecule has 0 unspecified atom stereocenters. The van der Waals surface area contributed by atoms with Crippen LogP contribution in [0.3, 0.4) is 0 Å². The lowest BCUT2D eigenvalue weighted by atomic mass is 10.0. The molecule has 7 N–H and O–H groups in total. The second-order valence-corrected chi connectivity index (χ2v) is 18.8. The topological polar surface area (TPSA) is 235 Å². The van der Waals surface area contributed by atoms with Gasteiger partial charge in [0.25, 0.3) is 5.91 Å². The van der Waals surface area contributed by atoms with Crippen LogP contribution in [0.4, 0.5) is 0 Å². The van der Waals surface area contributed by atoms with Crippen molar-refractivity contribution in [2.75, 3.05) is 13.2 Å². The van der Waals surface area contributed by atoms with E-state index in [4.69, 9.17) is 18.9 Å². The Morgan fingerprint density at radius 2 is 1.10 bits per heavy atom. The van der Waals surface area contributed by atoms with Crippen LogP contribution in [0.25, 0.3) is 0 Å². The molecule has 4 aromatic rings. The lowest BCUT2D eigenvalue weighted by molar-refractivity contribution is -0.406. The van der Waals surface area contributed by atoms with Crippen molar-refractivity contribution in [3.05, 3.63) is 144 Å². The molecule has 394 valence electrons. The first-order chi connectivity index (χ1) is 34.6. The van der Waals surface area contributed by atoms with Crippen LogP contribution < -0.4 is 39.4 Å². The molecule has 4 aromatic carbocycles. The highest BCUT2D eigenvalue weighted by Gasteiger charge is 2.41. The predicted octanol–water partition coefficient (Wildman–Crippen LogP) is 0.932. The molecule has 5 rings (SSSR count). The molecule has 1 fully saturated rings. The fraction of sp³-hybridized carbons (Fsp3) is 0.436. The summed E-state index contributed by atoms with van der Waals surface area (Å²) in [7, 11) is 0. The van der Waals surface area contributed by atoms with Crippen molar-refractivity contribution < 1.29 is 70.6 Å². The van der Waals surface area contributed by atoms with Gasteiger partial charge in [-0.05, 0) is 53.9 Å². The minimum Gasteiger partial charge on any atom is -1.00 e. The lowest BCUT2D eigenvalue weighted by Crippen LogP contribution is -3.00. The highest BCUT2D eigenvalue weighted by atomic mass is 35.5. The molecule has 0 radical (unpaired) electrons. The monoisotopic (exact) mass is 1030 g/mol. The van der Waals surface area contributed by atoms with Gasteiger partial charge >= 0.3 is 11.9 Å². The van der Waals surface area contributed by atoms with Gasteiger partial charge in [-0.2, -0.15) is 0 Å².